The molecule has 6 aromatic carbocycles. The Morgan fingerprint density at radius 1 is 0.533 bits per heavy atom. The summed E-state index contributed by atoms with van der Waals surface area (Å²) >= 11 is 1.77. The van der Waals surface area contributed by atoms with E-state index in [9.17, 15) is 0 Å². The standard InChI is InChI=1S/C42H30N2S/c1-42(2)38-15-9-8-14-34(38)35-21-20-32(25-39(35)42)44(31-18-16-28(17-19-31)27-10-4-3-5-11-27)33-24-37-36-22-29-12-6-7-13-30(29)23-40(36)45-41(37)43-26-33/h3-26H,1-2H3. The number of thiophene rings is 1. The van der Waals surface area contributed by atoms with E-state index in [-0.39, 0.29) is 5.41 Å². The van der Waals surface area contributed by atoms with E-state index in [0.29, 0.717) is 0 Å². The van der Waals surface area contributed by atoms with Crippen LogP contribution in [-0.4, -0.2) is 4.98 Å². The van der Waals surface area contributed by atoms with E-state index >= 15 is 0 Å². The molecule has 1 aliphatic rings. The first-order valence-corrected chi connectivity index (χ1v) is 16.3. The minimum atomic E-state index is -0.0857. The number of hydrogen-bond donors (Lipinski definition) is 0. The van der Waals surface area contributed by atoms with Gasteiger partial charge in [-0.3, -0.25) is 0 Å². The van der Waals surface area contributed by atoms with Crippen molar-refractivity contribution in [2.75, 3.05) is 4.90 Å². The molecule has 0 N–H and O–H groups in total. The molecule has 2 aromatic heterocycles. The lowest BCUT2D eigenvalue weighted by molar-refractivity contribution is 0.660. The Balaban J connectivity index is 1.24. The first-order chi connectivity index (χ1) is 22.0. The third kappa shape index (κ3) is 4.12. The van der Waals surface area contributed by atoms with Crippen LogP contribution in [0.25, 0.3) is 53.3 Å². The molecule has 0 bridgehead atoms. The Labute approximate surface area is 266 Å². The summed E-state index contributed by atoms with van der Waals surface area (Å²) in [5.41, 5.74) is 11.0. The van der Waals surface area contributed by atoms with Gasteiger partial charge in [-0.05, 0) is 86.6 Å². The molecule has 0 spiro atoms. The van der Waals surface area contributed by atoms with Gasteiger partial charge in [0.25, 0.3) is 0 Å². The van der Waals surface area contributed by atoms with Crippen molar-refractivity contribution in [3.05, 3.63) is 157 Å². The van der Waals surface area contributed by atoms with Gasteiger partial charge in [0.15, 0.2) is 0 Å². The Morgan fingerprint density at radius 3 is 2.02 bits per heavy atom. The maximum atomic E-state index is 5.06. The first-order valence-electron chi connectivity index (χ1n) is 15.5. The number of fused-ring (bicyclic) bond motifs is 7. The van der Waals surface area contributed by atoms with Crippen LogP contribution < -0.4 is 4.90 Å². The van der Waals surface area contributed by atoms with Crippen molar-refractivity contribution in [1.82, 2.24) is 4.98 Å². The lowest BCUT2D eigenvalue weighted by Gasteiger charge is -2.28. The number of nitrogens with zero attached hydrogens (tertiary/aromatic N) is 2. The van der Waals surface area contributed by atoms with Gasteiger partial charge >= 0.3 is 0 Å². The third-order valence-corrected chi connectivity index (χ3v) is 10.6. The lowest BCUT2D eigenvalue weighted by atomic mass is 9.82. The largest absolute Gasteiger partial charge is 0.309 e. The van der Waals surface area contributed by atoms with Gasteiger partial charge in [-0.25, -0.2) is 4.98 Å². The second kappa shape index (κ2) is 9.88. The number of rotatable bonds is 4. The molecule has 0 fully saturated rings. The summed E-state index contributed by atoms with van der Waals surface area (Å²) in [4.78, 5) is 8.49. The Hall–Kier alpha value is -5.25. The van der Waals surface area contributed by atoms with Gasteiger partial charge < -0.3 is 4.90 Å². The Bertz CT molecular complexity index is 2400. The summed E-state index contributed by atoms with van der Waals surface area (Å²) in [5, 5.41) is 4.97. The van der Waals surface area contributed by atoms with E-state index in [1.165, 1.54) is 59.6 Å². The molecule has 3 heteroatoms. The highest BCUT2D eigenvalue weighted by atomic mass is 32.1. The van der Waals surface area contributed by atoms with Crippen molar-refractivity contribution in [3.8, 4) is 22.3 Å². The van der Waals surface area contributed by atoms with E-state index in [1.807, 2.05) is 6.20 Å². The van der Waals surface area contributed by atoms with Crippen LogP contribution in [0.15, 0.2) is 146 Å². The molecule has 214 valence electrons. The highest BCUT2D eigenvalue weighted by Gasteiger charge is 2.35. The summed E-state index contributed by atoms with van der Waals surface area (Å²) in [7, 11) is 0. The Kier molecular flexibility index (Phi) is 5.75. The number of benzene rings is 6. The number of pyridine rings is 1. The fourth-order valence-electron chi connectivity index (χ4n) is 7.17. The minimum Gasteiger partial charge on any atom is -0.309 e. The molecule has 1 aliphatic carbocycles. The molecule has 8 aromatic rings. The van der Waals surface area contributed by atoms with Crippen LogP contribution >= 0.6 is 11.3 Å². The summed E-state index contributed by atoms with van der Waals surface area (Å²) in [5.74, 6) is 0. The van der Waals surface area contributed by atoms with Crippen LogP contribution in [0.3, 0.4) is 0 Å². The summed E-state index contributed by atoms with van der Waals surface area (Å²) < 4.78 is 1.27. The zero-order valence-electron chi connectivity index (χ0n) is 25.2. The molecular formula is C42H30N2S. The summed E-state index contributed by atoms with van der Waals surface area (Å²) in [6, 6.07) is 50.9. The molecule has 0 amide bonds. The smallest absolute Gasteiger partial charge is 0.124 e. The van der Waals surface area contributed by atoms with Gasteiger partial charge in [0.1, 0.15) is 4.83 Å². The summed E-state index contributed by atoms with van der Waals surface area (Å²) in [6.07, 6.45) is 2.04. The zero-order valence-corrected chi connectivity index (χ0v) is 26.0. The minimum absolute atomic E-state index is 0.0857. The molecule has 0 atom stereocenters. The number of anilines is 3. The third-order valence-electron chi connectivity index (χ3n) is 9.50. The molecule has 2 heterocycles. The zero-order chi connectivity index (χ0) is 30.1. The van der Waals surface area contributed by atoms with Gasteiger partial charge in [-0.2, -0.15) is 0 Å². The Morgan fingerprint density at radius 2 is 1.20 bits per heavy atom. The SMILES string of the molecule is CC1(C)c2ccccc2-c2ccc(N(c3ccc(-c4ccccc4)cc3)c3cnc4sc5cc6ccccc6cc5c4c3)cc21. The fourth-order valence-corrected chi connectivity index (χ4v) is 8.23. The van der Waals surface area contributed by atoms with Crippen LogP contribution in [0, 0.1) is 0 Å². The normalized spacial score (nSPS) is 13.3. The van der Waals surface area contributed by atoms with Gasteiger partial charge in [-0.15, -0.1) is 11.3 Å². The molecule has 2 nitrogen and oxygen atoms in total. The molecule has 0 saturated heterocycles. The second-order valence-electron chi connectivity index (χ2n) is 12.5. The quantitative estimate of drug-likeness (QED) is 0.201. The first kappa shape index (κ1) is 26.2. The van der Waals surface area contributed by atoms with Crippen molar-refractivity contribution in [2.24, 2.45) is 0 Å². The van der Waals surface area contributed by atoms with Crippen molar-refractivity contribution in [3.63, 3.8) is 0 Å². The molecule has 9 rings (SSSR count). The lowest BCUT2D eigenvalue weighted by Crippen LogP contribution is -2.16. The van der Waals surface area contributed by atoms with Crippen LogP contribution in [0.1, 0.15) is 25.0 Å². The molecule has 0 aliphatic heterocycles. The number of hydrogen-bond acceptors (Lipinski definition) is 3. The van der Waals surface area contributed by atoms with Gasteiger partial charge in [0.2, 0.25) is 0 Å². The topological polar surface area (TPSA) is 16.1 Å². The predicted octanol–water partition coefficient (Wildman–Crippen LogP) is 12.0. The van der Waals surface area contributed by atoms with E-state index < -0.39 is 0 Å². The second-order valence-corrected chi connectivity index (χ2v) is 13.5. The van der Waals surface area contributed by atoms with Crippen molar-refractivity contribution in [2.45, 2.75) is 19.3 Å². The van der Waals surface area contributed by atoms with E-state index in [4.69, 9.17) is 4.98 Å². The van der Waals surface area contributed by atoms with Crippen molar-refractivity contribution >= 4 is 59.5 Å². The molecule has 0 unspecified atom stereocenters. The highest BCUT2D eigenvalue weighted by molar-refractivity contribution is 7.25. The van der Waals surface area contributed by atoms with E-state index in [0.717, 1.165) is 21.9 Å². The van der Waals surface area contributed by atoms with Gasteiger partial charge in [-0.1, -0.05) is 111 Å². The summed E-state index contributed by atoms with van der Waals surface area (Å²) in [6.45, 7) is 4.69. The van der Waals surface area contributed by atoms with Crippen LogP contribution in [0.2, 0.25) is 0 Å². The van der Waals surface area contributed by atoms with Crippen molar-refractivity contribution < 1.29 is 0 Å². The fraction of sp³-hybridized carbons (Fsp3) is 0.0714. The molecule has 45 heavy (non-hydrogen) atoms. The molecular weight excluding hydrogens is 565 g/mol. The van der Waals surface area contributed by atoms with E-state index in [2.05, 4.69) is 158 Å². The predicted molar refractivity (Wildman–Crippen MR) is 192 cm³/mol. The van der Waals surface area contributed by atoms with Crippen LogP contribution in [0.4, 0.5) is 17.1 Å². The average molecular weight is 595 g/mol. The maximum Gasteiger partial charge on any atom is 0.124 e. The van der Waals surface area contributed by atoms with Gasteiger partial charge in [0.05, 0.1) is 11.9 Å². The van der Waals surface area contributed by atoms with Gasteiger partial charge in [0, 0.05) is 32.3 Å². The molecule has 0 radical (unpaired) electrons. The monoisotopic (exact) mass is 594 g/mol. The van der Waals surface area contributed by atoms with Crippen LogP contribution in [-0.2, 0) is 5.41 Å². The van der Waals surface area contributed by atoms with Crippen LogP contribution in [0.5, 0.6) is 0 Å². The van der Waals surface area contributed by atoms with E-state index in [1.54, 1.807) is 11.3 Å². The highest BCUT2D eigenvalue weighted by Crippen LogP contribution is 2.51. The number of aromatic nitrogens is 1. The maximum absolute atomic E-state index is 5.06. The molecule has 0 saturated carbocycles. The van der Waals surface area contributed by atoms with Crippen molar-refractivity contribution in [1.29, 1.82) is 0 Å². The average Bonchev–Trinajstić information content (AvgIpc) is 3.55.